The third-order valence-corrected chi connectivity index (χ3v) is 7.92. The van der Waals surface area contributed by atoms with Crippen molar-refractivity contribution < 1.29 is 4.79 Å². The number of thioether (sulfide) groups is 1. The third-order valence-electron chi connectivity index (χ3n) is 6.54. The van der Waals surface area contributed by atoms with E-state index < -0.39 is 0 Å². The first-order valence-corrected chi connectivity index (χ1v) is 12.9. The fourth-order valence-corrected chi connectivity index (χ4v) is 5.22. The minimum Gasteiger partial charge on any atom is -0.349 e. The third kappa shape index (κ3) is 6.80. The summed E-state index contributed by atoms with van der Waals surface area (Å²) in [5.41, 5.74) is 3.36. The van der Waals surface area contributed by atoms with Crippen LogP contribution in [0, 0.1) is 18.8 Å². The molecule has 0 aliphatic heterocycles. The topological polar surface area (TPSA) is 32.3 Å². The lowest BCUT2D eigenvalue weighted by molar-refractivity contribution is -0.119. The van der Waals surface area contributed by atoms with Gasteiger partial charge in [0.2, 0.25) is 5.91 Å². The molecule has 1 amide bonds. The van der Waals surface area contributed by atoms with Crippen LogP contribution in [0.25, 0.3) is 0 Å². The van der Waals surface area contributed by atoms with E-state index in [0.29, 0.717) is 12.0 Å². The fraction of sp³-hybridized carbons (Fsp3) is 0.654. The molecule has 3 nitrogen and oxygen atoms in total. The maximum atomic E-state index is 13.7. The van der Waals surface area contributed by atoms with E-state index in [1.54, 1.807) is 0 Å². The van der Waals surface area contributed by atoms with Crippen molar-refractivity contribution in [2.75, 3.05) is 17.7 Å². The van der Waals surface area contributed by atoms with E-state index in [4.69, 9.17) is 0 Å². The molecule has 4 heteroatoms. The van der Waals surface area contributed by atoms with Crippen LogP contribution in [0.3, 0.4) is 0 Å². The van der Waals surface area contributed by atoms with Gasteiger partial charge in [0.25, 0.3) is 0 Å². The number of aryl methyl sites for hydroxylation is 1. The number of hydrogen-bond acceptors (Lipinski definition) is 3. The monoisotopic (exact) mass is 430 g/mol. The summed E-state index contributed by atoms with van der Waals surface area (Å²) >= 11 is 1.83. The van der Waals surface area contributed by atoms with Gasteiger partial charge in [-0.1, -0.05) is 71.1 Å². The standard InChI is InChI=1S/C26H42N2OS/c1-7-18-30-26(28(6)23-16-14-19(3)15-17-23)24(21(5)20(4)8-2)25(29)27-22-12-10-9-11-13-22/h14-17,20-22H,7-13,18H2,1-6H3,(H,27,29)/b26-24-. The number of rotatable bonds is 10. The van der Waals surface area contributed by atoms with Crippen LogP contribution in [0.4, 0.5) is 5.69 Å². The Morgan fingerprint density at radius 1 is 1.13 bits per heavy atom. The van der Waals surface area contributed by atoms with Crippen LogP contribution in [-0.2, 0) is 4.79 Å². The van der Waals surface area contributed by atoms with Gasteiger partial charge >= 0.3 is 0 Å². The molecule has 168 valence electrons. The van der Waals surface area contributed by atoms with Crippen molar-refractivity contribution in [2.45, 2.75) is 85.6 Å². The Kier molecular flexibility index (Phi) is 10.3. The van der Waals surface area contributed by atoms with E-state index in [9.17, 15) is 4.79 Å². The van der Waals surface area contributed by atoms with Gasteiger partial charge in [0.05, 0.1) is 10.6 Å². The number of carbonyl (C=O) groups excluding carboxylic acids is 1. The Morgan fingerprint density at radius 2 is 1.77 bits per heavy atom. The largest absolute Gasteiger partial charge is 0.349 e. The van der Waals surface area contributed by atoms with Crippen LogP contribution in [0.2, 0.25) is 0 Å². The van der Waals surface area contributed by atoms with Crippen LogP contribution < -0.4 is 10.2 Å². The zero-order chi connectivity index (χ0) is 22.1. The maximum Gasteiger partial charge on any atom is 0.250 e. The van der Waals surface area contributed by atoms with Gasteiger partial charge in [0, 0.05) is 18.8 Å². The first-order valence-electron chi connectivity index (χ1n) is 11.9. The van der Waals surface area contributed by atoms with Gasteiger partial charge in [-0.3, -0.25) is 4.79 Å². The molecule has 2 rings (SSSR count). The van der Waals surface area contributed by atoms with Crippen molar-refractivity contribution in [3.63, 3.8) is 0 Å². The van der Waals surface area contributed by atoms with Crippen LogP contribution in [-0.4, -0.2) is 24.7 Å². The number of hydrogen-bond donors (Lipinski definition) is 1. The van der Waals surface area contributed by atoms with E-state index in [2.05, 4.69) is 76.1 Å². The van der Waals surface area contributed by atoms with Crippen molar-refractivity contribution in [1.29, 1.82) is 0 Å². The first-order chi connectivity index (χ1) is 14.4. The maximum absolute atomic E-state index is 13.7. The summed E-state index contributed by atoms with van der Waals surface area (Å²) in [6, 6.07) is 8.94. The Bertz CT molecular complexity index is 691. The highest BCUT2D eigenvalue weighted by Crippen LogP contribution is 2.35. The minimum atomic E-state index is 0.146. The summed E-state index contributed by atoms with van der Waals surface area (Å²) in [5.74, 6) is 1.83. The molecular weight excluding hydrogens is 388 g/mol. The SMILES string of the molecule is CCCS/C(=C(\C(=O)NC1CCCCC1)C(C)C(C)CC)N(C)c1ccc(C)cc1. The lowest BCUT2D eigenvalue weighted by atomic mass is 9.86. The minimum absolute atomic E-state index is 0.146. The summed E-state index contributed by atoms with van der Waals surface area (Å²) in [5, 5.41) is 4.53. The summed E-state index contributed by atoms with van der Waals surface area (Å²) in [6.07, 6.45) is 8.14. The second kappa shape index (κ2) is 12.4. The number of nitrogens with zero attached hydrogens (tertiary/aromatic N) is 1. The van der Waals surface area contributed by atoms with E-state index >= 15 is 0 Å². The smallest absolute Gasteiger partial charge is 0.250 e. The Hall–Kier alpha value is -1.42. The van der Waals surface area contributed by atoms with Crippen LogP contribution in [0.15, 0.2) is 34.9 Å². The van der Waals surface area contributed by atoms with Gasteiger partial charge < -0.3 is 10.2 Å². The predicted octanol–water partition coefficient (Wildman–Crippen LogP) is 6.92. The Morgan fingerprint density at radius 3 is 2.33 bits per heavy atom. The first kappa shape index (κ1) is 24.8. The van der Waals surface area contributed by atoms with E-state index in [1.165, 1.54) is 24.8 Å². The van der Waals surface area contributed by atoms with Crippen LogP contribution in [0.1, 0.15) is 78.2 Å². The predicted molar refractivity (Wildman–Crippen MR) is 133 cm³/mol. The highest BCUT2D eigenvalue weighted by Gasteiger charge is 2.29. The van der Waals surface area contributed by atoms with Gasteiger partial charge in [-0.25, -0.2) is 0 Å². The second-order valence-electron chi connectivity index (χ2n) is 8.94. The van der Waals surface area contributed by atoms with Gasteiger partial charge in [-0.15, -0.1) is 11.8 Å². The summed E-state index contributed by atoms with van der Waals surface area (Å²) in [4.78, 5) is 15.9. The summed E-state index contributed by atoms with van der Waals surface area (Å²) < 4.78 is 0. The molecule has 1 aromatic carbocycles. The molecule has 0 spiro atoms. The van der Waals surface area contributed by atoms with Crippen molar-refractivity contribution >= 4 is 23.4 Å². The Labute approximate surface area is 189 Å². The molecule has 1 N–H and O–H groups in total. The number of benzene rings is 1. The zero-order valence-electron chi connectivity index (χ0n) is 20.0. The van der Waals surface area contributed by atoms with Crippen molar-refractivity contribution in [2.24, 2.45) is 11.8 Å². The summed E-state index contributed by atoms with van der Waals surface area (Å²) in [6.45, 7) is 11.0. The molecule has 1 fully saturated rings. The van der Waals surface area contributed by atoms with Crippen molar-refractivity contribution in [3.05, 3.63) is 40.4 Å². The average Bonchev–Trinajstić information content (AvgIpc) is 2.76. The lowest BCUT2D eigenvalue weighted by Gasteiger charge is -2.31. The van der Waals surface area contributed by atoms with E-state index in [1.807, 2.05) is 11.8 Å². The van der Waals surface area contributed by atoms with Crippen LogP contribution >= 0.6 is 11.8 Å². The molecule has 0 saturated heterocycles. The lowest BCUT2D eigenvalue weighted by Crippen LogP contribution is -2.40. The Balaban J connectivity index is 2.46. The molecule has 0 heterocycles. The molecule has 2 unspecified atom stereocenters. The van der Waals surface area contributed by atoms with E-state index in [-0.39, 0.29) is 11.8 Å². The fourth-order valence-electron chi connectivity index (χ4n) is 4.09. The normalized spacial score (nSPS) is 17.8. The van der Waals surface area contributed by atoms with Gasteiger partial charge in [0.15, 0.2) is 0 Å². The highest BCUT2D eigenvalue weighted by atomic mass is 32.2. The highest BCUT2D eigenvalue weighted by molar-refractivity contribution is 8.03. The molecule has 0 radical (unpaired) electrons. The van der Waals surface area contributed by atoms with Crippen molar-refractivity contribution in [1.82, 2.24) is 5.32 Å². The molecule has 0 aromatic heterocycles. The zero-order valence-corrected chi connectivity index (χ0v) is 20.8. The molecule has 1 aliphatic rings. The van der Waals surface area contributed by atoms with Gasteiger partial charge in [0.1, 0.15) is 0 Å². The summed E-state index contributed by atoms with van der Waals surface area (Å²) in [7, 11) is 2.11. The quantitative estimate of drug-likeness (QED) is 0.409. The molecule has 2 atom stereocenters. The number of nitrogens with one attached hydrogen (secondary N) is 1. The van der Waals surface area contributed by atoms with Crippen molar-refractivity contribution in [3.8, 4) is 0 Å². The molecule has 30 heavy (non-hydrogen) atoms. The van der Waals surface area contributed by atoms with Crippen LogP contribution in [0.5, 0.6) is 0 Å². The van der Waals surface area contributed by atoms with Gasteiger partial charge in [-0.2, -0.15) is 0 Å². The second-order valence-corrected chi connectivity index (χ2v) is 10.0. The number of anilines is 1. The number of carbonyl (C=O) groups is 1. The molecular formula is C26H42N2OS. The molecule has 1 saturated carbocycles. The van der Waals surface area contributed by atoms with E-state index in [0.717, 1.165) is 47.7 Å². The van der Waals surface area contributed by atoms with Gasteiger partial charge in [-0.05, 0) is 55.9 Å². The molecule has 1 aromatic rings. The molecule has 0 bridgehead atoms. The number of amides is 1. The average molecular weight is 431 g/mol. The molecule has 1 aliphatic carbocycles.